The van der Waals surface area contributed by atoms with E-state index in [9.17, 15) is 9.59 Å². The average Bonchev–Trinajstić information content (AvgIpc) is 2.70. The second kappa shape index (κ2) is 8.66. The van der Waals surface area contributed by atoms with Crippen molar-refractivity contribution < 1.29 is 4.79 Å². The van der Waals surface area contributed by atoms with Gasteiger partial charge < -0.3 is 10.6 Å². The van der Waals surface area contributed by atoms with Gasteiger partial charge in [-0.25, -0.2) is 0 Å². The highest BCUT2D eigenvalue weighted by molar-refractivity contribution is 6.33. The van der Waals surface area contributed by atoms with Gasteiger partial charge >= 0.3 is 0 Å². The lowest BCUT2D eigenvalue weighted by molar-refractivity contribution is 0.0955. The van der Waals surface area contributed by atoms with Gasteiger partial charge in [-0.1, -0.05) is 23.2 Å². The number of nitrogens with one attached hydrogen (secondary N) is 2. The lowest BCUT2D eigenvalue weighted by atomic mass is 10.3. The molecule has 2 heterocycles. The Morgan fingerprint density at radius 3 is 2.56 bits per heavy atom. The molecule has 0 fully saturated rings. The fourth-order valence-electron chi connectivity index (χ4n) is 2.29. The Balaban J connectivity index is 1.61. The van der Waals surface area contributed by atoms with Gasteiger partial charge in [0.1, 0.15) is 5.02 Å². The maximum atomic E-state index is 12.4. The second-order valence-electron chi connectivity index (χ2n) is 5.49. The van der Waals surface area contributed by atoms with E-state index in [0.29, 0.717) is 35.1 Å². The van der Waals surface area contributed by atoms with Crippen LogP contribution >= 0.6 is 23.2 Å². The van der Waals surface area contributed by atoms with Gasteiger partial charge in [0.2, 0.25) is 0 Å². The summed E-state index contributed by atoms with van der Waals surface area (Å²) in [6.45, 7) is 0.710. The number of rotatable bonds is 6. The van der Waals surface area contributed by atoms with E-state index in [2.05, 4.69) is 20.7 Å². The Hall–Kier alpha value is -2.90. The molecule has 27 heavy (non-hydrogen) atoms. The lowest BCUT2D eigenvalue weighted by Gasteiger charge is -2.11. The summed E-state index contributed by atoms with van der Waals surface area (Å²) in [5, 5.41) is 10.4. The molecule has 138 valence electrons. The molecule has 0 spiro atoms. The molecular formula is C18H15Cl2N5O2. The van der Waals surface area contributed by atoms with Crippen LogP contribution in [0.5, 0.6) is 0 Å². The minimum Gasteiger partial charge on any atom is -0.381 e. The van der Waals surface area contributed by atoms with Gasteiger partial charge in [0.05, 0.1) is 23.1 Å². The zero-order valence-corrected chi connectivity index (χ0v) is 15.5. The highest BCUT2D eigenvalue weighted by Gasteiger charge is 2.11. The minimum absolute atomic E-state index is 0.0125. The maximum absolute atomic E-state index is 12.4. The van der Waals surface area contributed by atoms with Gasteiger partial charge in [-0.05, 0) is 36.4 Å². The van der Waals surface area contributed by atoms with Crippen LogP contribution in [-0.2, 0) is 0 Å². The van der Waals surface area contributed by atoms with E-state index in [1.165, 1.54) is 17.1 Å². The van der Waals surface area contributed by atoms with Crippen molar-refractivity contribution in [2.45, 2.75) is 0 Å². The number of halogens is 2. The van der Waals surface area contributed by atoms with Crippen LogP contribution in [-0.4, -0.2) is 33.8 Å². The molecule has 3 aromatic rings. The SMILES string of the molecule is O=C(NCCNc1cnn(-c2ccc(Cl)cc2)c(=O)c1Cl)c1cccnc1. The van der Waals surface area contributed by atoms with Gasteiger partial charge in [-0.2, -0.15) is 9.78 Å². The zero-order chi connectivity index (χ0) is 19.2. The van der Waals surface area contributed by atoms with Crippen LogP contribution in [0.3, 0.4) is 0 Å². The first-order valence-corrected chi connectivity index (χ1v) is 8.78. The number of amides is 1. The topological polar surface area (TPSA) is 88.9 Å². The number of pyridine rings is 1. The molecule has 2 aromatic heterocycles. The molecular weight excluding hydrogens is 389 g/mol. The van der Waals surface area contributed by atoms with Gasteiger partial charge in [-0.3, -0.25) is 14.6 Å². The Morgan fingerprint density at radius 1 is 1.07 bits per heavy atom. The molecule has 7 nitrogen and oxygen atoms in total. The van der Waals surface area contributed by atoms with Crippen molar-refractivity contribution in [2.24, 2.45) is 0 Å². The second-order valence-corrected chi connectivity index (χ2v) is 6.30. The smallest absolute Gasteiger partial charge is 0.292 e. The van der Waals surface area contributed by atoms with Gasteiger partial charge in [0.25, 0.3) is 11.5 Å². The predicted octanol–water partition coefficient (Wildman–Crippen LogP) is 2.78. The van der Waals surface area contributed by atoms with Crippen LogP contribution in [0.4, 0.5) is 5.69 Å². The van der Waals surface area contributed by atoms with E-state index >= 15 is 0 Å². The standard InChI is InChI=1S/C18H15Cl2N5O2/c19-13-3-5-14(6-4-13)25-18(27)16(20)15(11-24-25)22-8-9-23-17(26)12-2-1-7-21-10-12/h1-7,10-11,22H,8-9H2,(H,23,26). The zero-order valence-electron chi connectivity index (χ0n) is 14.0. The molecule has 0 aliphatic rings. The van der Waals surface area contributed by atoms with Crippen LogP contribution in [0.2, 0.25) is 10.0 Å². The van der Waals surface area contributed by atoms with Crippen LogP contribution in [0.25, 0.3) is 5.69 Å². The molecule has 0 aliphatic carbocycles. The minimum atomic E-state index is -0.455. The molecule has 2 N–H and O–H groups in total. The lowest BCUT2D eigenvalue weighted by Crippen LogP contribution is -2.29. The summed E-state index contributed by atoms with van der Waals surface area (Å²) in [5.74, 6) is -0.229. The number of carbonyl (C=O) groups is 1. The van der Waals surface area contributed by atoms with Crippen LogP contribution in [0.15, 0.2) is 59.8 Å². The highest BCUT2D eigenvalue weighted by atomic mass is 35.5. The first-order chi connectivity index (χ1) is 13.1. The fraction of sp³-hybridized carbons (Fsp3) is 0.111. The quantitative estimate of drug-likeness (QED) is 0.617. The first-order valence-electron chi connectivity index (χ1n) is 8.02. The normalized spacial score (nSPS) is 10.4. The van der Waals surface area contributed by atoms with Gasteiger partial charge in [0, 0.05) is 30.5 Å². The molecule has 0 aliphatic heterocycles. The molecule has 1 amide bonds. The molecule has 1 aromatic carbocycles. The molecule has 0 saturated carbocycles. The Labute approximate surface area is 165 Å². The third-order valence-electron chi connectivity index (χ3n) is 3.64. The molecule has 0 unspecified atom stereocenters. The van der Waals surface area contributed by atoms with E-state index < -0.39 is 5.56 Å². The van der Waals surface area contributed by atoms with Crippen LogP contribution in [0.1, 0.15) is 10.4 Å². The van der Waals surface area contributed by atoms with Crippen molar-refractivity contribution >= 4 is 34.8 Å². The summed E-state index contributed by atoms with van der Waals surface area (Å²) in [7, 11) is 0. The number of nitrogens with zero attached hydrogens (tertiary/aromatic N) is 3. The van der Waals surface area contributed by atoms with E-state index in [1.807, 2.05) is 0 Å². The van der Waals surface area contributed by atoms with Crippen molar-refractivity contribution in [3.05, 3.63) is 81.0 Å². The van der Waals surface area contributed by atoms with Crippen molar-refractivity contribution in [2.75, 3.05) is 18.4 Å². The average molecular weight is 404 g/mol. The van der Waals surface area contributed by atoms with Crippen molar-refractivity contribution in [1.29, 1.82) is 0 Å². The number of hydrogen-bond acceptors (Lipinski definition) is 5. The molecule has 0 atom stereocenters. The van der Waals surface area contributed by atoms with E-state index in [0.717, 1.165) is 0 Å². The monoisotopic (exact) mass is 403 g/mol. The Morgan fingerprint density at radius 2 is 1.85 bits per heavy atom. The van der Waals surface area contributed by atoms with E-state index in [-0.39, 0.29) is 10.9 Å². The first kappa shape index (κ1) is 18.9. The molecule has 9 heteroatoms. The molecule has 0 saturated heterocycles. The number of anilines is 1. The van der Waals surface area contributed by atoms with Gasteiger partial charge in [0.15, 0.2) is 0 Å². The van der Waals surface area contributed by atoms with Crippen LogP contribution in [0, 0.1) is 0 Å². The van der Waals surface area contributed by atoms with E-state index in [1.54, 1.807) is 42.6 Å². The number of aromatic nitrogens is 3. The summed E-state index contributed by atoms with van der Waals surface area (Å²) < 4.78 is 1.19. The number of carbonyl (C=O) groups excluding carboxylic acids is 1. The third kappa shape index (κ3) is 4.64. The number of benzene rings is 1. The maximum Gasteiger partial charge on any atom is 0.292 e. The Kier molecular flexibility index (Phi) is 6.05. The number of hydrogen-bond donors (Lipinski definition) is 2. The molecule has 0 bridgehead atoms. The van der Waals surface area contributed by atoms with Crippen molar-refractivity contribution in [1.82, 2.24) is 20.1 Å². The summed E-state index contributed by atoms with van der Waals surface area (Å²) in [6, 6.07) is 10.0. The molecule has 0 radical (unpaired) electrons. The summed E-state index contributed by atoms with van der Waals surface area (Å²) >= 11 is 12.0. The van der Waals surface area contributed by atoms with Crippen molar-refractivity contribution in [3.8, 4) is 5.69 Å². The van der Waals surface area contributed by atoms with E-state index in [4.69, 9.17) is 23.2 Å². The summed E-state index contributed by atoms with van der Waals surface area (Å²) in [6.07, 6.45) is 4.54. The van der Waals surface area contributed by atoms with Crippen LogP contribution < -0.4 is 16.2 Å². The molecule has 3 rings (SSSR count). The van der Waals surface area contributed by atoms with Gasteiger partial charge in [-0.15, -0.1) is 0 Å². The predicted molar refractivity (Wildman–Crippen MR) is 105 cm³/mol. The summed E-state index contributed by atoms with van der Waals surface area (Å²) in [4.78, 5) is 28.2. The highest BCUT2D eigenvalue weighted by Crippen LogP contribution is 2.17. The largest absolute Gasteiger partial charge is 0.381 e. The summed E-state index contributed by atoms with van der Waals surface area (Å²) in [5.41, 5.74) is 0.968. The Bertz CT molecular complexity index is 991. The fourth-order valence-corrected chi connectivity index (χ4v) is 2.62. The third-order valence-corrected chi connectivity index (χ3v) is 4.26. The van der Waals surface area contributed by atoms with Crippen molar-refractivity contribution in [3.63, 3.8) is 0 Å².